The summed E-state index contributed by atoms with van der Waals surface area (Å²) in [6.45, 7) is 5.32. The van der Waals surface area contributed by atoms with Gasteiger partial charge in [-0.1, -0.05) is 13.0 Å². The Morgan fingerprint density at radius 2 is 1.94 bits per heavy atom. The summed E-state index contributed by atoms with van der Waals surface area (Å²) in [5.74, 6) is 1.71. The topological polar surface area (TPSA) is 33.7 Å². The first kappa shape index (κ1) is 13.2. The lowest BCUT2D eigenvalue weighted by Gasteiger charge is -2.24. The van der Waals surface area contributed by atoms with Gasteiger partial charge in [0.1, 0.15) is 13.2 Å². The summed E-state index contributed by atoms with van der Waals surface area (Å²) in [5.41, 5.74) is 1.25. The highest BCUT2D eigenvalue weighted by Gasteiger charge is 2.16. The summed E-state index contributed by atoms with van der Waals surface area (Å²) in [4.78, 5) is 2.18. The average Bonchev–Trinajstić information content (AvgIpc) is 2.37. The summed E-state index contributed by atoms with van der Waals surface area (Å²) in [6.07, 6.45) is 0. The Morgan fingerprint density at radius 3 is 2.61 bits per heavy atom. The Morgan fingerprint density at radius 1 is 1.22 bits per heavy atom. The molecule has 18 heavy (non-hydrogen) atoms. The molecular weight excluding hydrogens is 228 g/mol. The van der Waals surface area contributed by atoms with Gasteiger partial charge in [0.2, 0.25) is 0 Å². The van der Waals surface area contributed by atoms with Crippen molar-refractivity contribution in [3.63, 3.8) is 0 Å². The van der Waals surface area contributed by atoms with Gasteiger partial charge in [-0.2, -0.15) is 0 Å². The Labute approximate surface area is 109 Å². The number of hydrogen-bond donors (Lipinski definition) is 1. The van der Waals surface area contributed by atoms with Gasteiger partial charge in [0.25, 0.3) is 0 Å². The third-order valence-electron chi connectivity index (χ3n) is 2.97. The van der Waals surface area contributed by atoms with Crippen molar-refractivity contribution in [1.29, 1.82) is 0 Å². The van der Waals surface area contributed by atoms with Crippen molar-refractivity contribution in [2.75, 3.05) is 40.4 Å². The van der Waals surface area contributed by atoms with Crippen LogP contribution >= 0.6 is 0 Å². The second-order valence-electron chi connectivity index (χ2n) is 4.78. The van der Waals surface area contributed by atoms with Crippen LogP contribution in [0.2, 0.25) is 0 Å². The maximum atomic E-state index is 5.63. The Hall–Kier alpha value is -1.26. The summed E-state index contributed by atoms with van der Waals surface area (Å²) in [6, 6.07) is 6.53. The minimum absolute atomic E-state index is 0.320. The van der Waals surface area contributed by atoms with Gasteiger partial charge in [-0.05, 0) is 38.3 Å². The van der Waals surface area contributed by atoms with Crippen LogP contribution in [0.15, 0.2) is 18.2 Å². The first-order chi connectivity index (χ1) is 8.70. The average molecular weight is 250 g/mol. The number of nitrogens with one attached hydrogen (secondary N) is 1. The van der Waals surface area contributed by atoms with Gasteiger partial charge in [-0.15, -0.1) is 0 Å². The van der Waals surface area contributed by atoms with E-state index in [1.54, 1.807) is 0 Å². The molecule has 100 valence electrons. The molecule has 0 saturated heterocycles. The van der Waals surface area contributed by atoms with Crippen LogP contribution in [0.5, 0.6) is 11.5 Å². The van der Waals surface area contributed by atoms with Crippen molar-refractivity contribution >= 4 is 0 Å². The maximum absolute atomic E-state index is 5.63. The van der Waals surface area contributed by atoms with Crippen molar-refractivity contribution in [3.05, 3.63) is 23.8 Å². The van der Waals surface area contributed by atoms with Crippen molar-refractivity contribution in [2.45, 2.75) is 13.0 Å². The van der Waals surface area contributed by atoms with Gasteiger partial charge < -0.3 is 19.7 Å². The number of fused-ring (bicyclic) bond motifs is 1. The molecule has 2 rings (SSSR count). The van der Waals surface area contributed by atoms with Gasteiger partial charge in [0, 0.05) is 12.6 Å². The van der Waals surface area contributed by atoms with Gasteiger partial charge in [-0.25, -0.2) is 0 Å². The molecule has 0 fully saturated rings. The number of rotatable bonds is 5. The molecule has 0 bridgehead atoms. The van der Waals surface area contributed by atoms with E-state index in [2.05, 4.69) is 43.4 Å². The van der Waals surface area contributed by atoms with E-state index in [4.69, 9.17) is 9.47 Å². The number of benzene rings is 1. The SMILES string of the molecule is CCNC(CN(C)C)c1ccc2c(c1)OCCO2. The smallest absolute Gasteiger partial charge is 0.161 e. The minimum Gasteiger partial charge on any atom is -0.486 e. The normalized spacial score (nSPS) is 15.8. The highest BCUT2D eigenvalue weighted by atomic mass is 16.6. The standard InChI is InChI=1S/C14H22N2O2/c1-4-15-12(10-16(2)3)11-5-6-13-14(9-11)18-8-7-17-13/h5-6,9,12,15H,4,7-8,10H2,1-3H3. The fourth-order valence-corrected chi connectivity index (χ4v) is 2.18. The summed E-state index contributed by atoms with van der Waals surface area (Å²) >= 11 is 0. The maximum Gasteiger partial charge on any atom is 0.161 e. The predicted octanol–water partition coefficient (Wildman–Crippen LogP) is 1.67. The van der Waals surface area contributed by atoms with Crippen LogP contribution in [0.25, 0.3) is 0 Å². The van der Waals surface area contributed by atoms with E-state index in [-0.39, 0.29) is 0 Å². The molecule has 1 heterocycles. The molecule has 1 aromatic carbocycles. The van der Waals surface area contributed by atoms with Crippen LogP contribution < -0.4 is 14.8 Å². The van der Waals surface area contributed by atoms with Crippen LogP contribution in [-0.2, 0) is 0 Å². The molecule has 1 aliphatic rings. The predicted molar refractivity (Wildman–Crippen MR) is 72.4 cm³/mol. The van der Waals surface area contributed by atoms with Crippen LogP contribution in [0.3, 0.4) is 0 Å². The van der Waals surface area contributed by atoms with Crippen LogP contribution in [0, 0.1) is 0 Å². The molecule has 0 amide bonds. The zero-order chi connectivity index (χ0) is 13.0. The fraction of sp³-hybridized carbons (Fsp3) is 0.571. The zero-order valence-corrected chi connectivity index (χ0v) is 11.4. The largest absolute Gasteiger partial charge is 0.486 e. The highest BCUT2D eigenvalue weighted by Crippen LogP contribution is 2.32. The molecule has 0 aliphatic carbocycles. The lowest BCUT2D eigenvalue weighted by atomic mass is 10.1. The summed E-state index contributed by atoms with van der Waals surface area (Å²) < 4.78 is 11.2. The number of hydrogen-bond acceptors (Lipinski definition) is 4. The third-order valence-corrected chi connectivity index (χ3v) is 2.97. The molecule has 4 nitrogen and oxygen atoms in total. The Balaban J connectivity index is 2.18. The quantitative estimate of drug-likeness (QED) is 0.862. The number of likely N-dealkylation sites (N-methyl/N-ethyl adjacent to an activating group) is 2. The first-order valence-corrected chi connectivity index (χ1v) is 6.48. The van der Waals surface area contributed by atoms with E-state index in [0.717, 1.165) is 24.6 Å². The lowest BCUT2D eigenvalue weighted by Crippen LogP contribution is -2.31. The monoisotopic (exact) mass is 250 g/mol. The van der Waals surface area contributed by atoms with Crippen molar-refractivity contribution in [3.8, 4) is 11.5 Å². The van der Waals surface area contributed by atoms with Crippen LogP contribution in [0.1, 0.15) is 18.5 Å². The molecule has 0 aromatic heterocycles. The molecular formula is C14H22N2O2. The van der Waals surface area contributed by atoms with Crippen molar-refractivity contribution < 1.29 is 9.47 Å². The van der Waals surface area contributed by atoms with Crippen LogP contribution in [0.4, 0.5) is 0 Å². The number of nitrogens with zero attached hydrogens (tertiary/aromatic N) is 1. The minimum atomic E-state index is 0.320. The van der Waals surface area contributed by atoms with E-state index in [0.29, 0.717) is 19.3 Å². The molecule has 0 radical (unpaired) electrons. The third kappa shape index (κ3) is 3.15. The van der Waals surface area contributed by atoms with Gasteiger partial charge in [0.05, 0.1) is 0 Å². The second kappa shape index (κ2) is 6.07. The second-order valence-corrected chi connectivity index (χ2v) is 4.78. The lowest BCUT2D eigenvalue weighted by molar-refractivity contribution is 0.171. The van der Waals surface area contributed by atoms with Crippen LogP contribution in [-0.4, -0.2) is 45.3 Å². The highest BCUT2D eigenvalue weighted by molar-refractivity contribution is 5.44. The fourth-order valence-electron chi connectivity index (χ4n) is 2.18. The molecule has 1 aliphatic heterocycles. The van der Waals surface area contributed by atoms with E-state index < -0.39 is 0 Å². The molecule has 0 spiro atoms. The van der Waals surface area contributed by atoms with E-state index >= 15 is 0 Å². The molecule has 4 heteroatoms. The molecule has 1 N–H and O–H groups in total. The van der Waals surface area contributed by atoms with Crippen molar-refractivity contribution in [2.24, 2.45) is 0 Å². The molecule has 0 saturated carbocycles. The molecule has 1 atom stereocenters. The summed E-state index contributed by atoms with van der Waals surface area (Å²) in [5, 5.41) is 3.50. The molecule has 1 unspecified atom stereocenters. The van der Waals surface area contributed by atoms with Gasteiger partial charge in [-0.3, -0.25) is 0 Å². The first-order valence-electron chi connectivity index (χ1n) is 6.48. The van der Waals surface area contributed by atoms with Gasteiger partial charge >= 0.3 is 0 Å². The van der Waals surface area contributed by atoms with Gasteiger partial charge in [0.15, 0.2) is 11.5 Å². The molecule has 1 aromatic rings. The Kier molecular flexibility index (Phi) is 4.44. The summed E-state index contributed by atoms with van der Waals surface area (Å²) in [7, 11) is 4.17. The number of ether oxygens (including phenoxy) is 2. The van der Waals surface area contributed by atoms with E-state index in [1.807, 2.05) is 6.07 Å². The van der Waals surface area contributed by atoms with E-state index in [9.17, 15) is 0 Å². The zero-order valence-electron chi connectivity index (χ0n) is 11.4. The Bertz CT molecular complexity index is 393. The van der Waals surface area contributed by atoms with Crippen molar-refractivity contribution in [1.82, 2.24) is 10.2 Å². The van der Waals surface area contributed by atoms with E-state index in [1.165, 1.54) is 5.56 Å².